The highest BCUT2D eigenvalue weighted by Gasteiger charge is 2.23. The van der Waals surface area contributed by atoms with E-state index in [4.69, 9.17) is 4.74 Å². The van der Waals surface area contributed by atoms with E-state index in [-0.39, 0.29) is 24.4 Å². The van der Waals surface area contributed by atoms with Gasteiger partial charge in [0.2, 0.25) is 5.91 Å². The summed E-state index contributed by atoms with van der Waals surface area (Å²) in [5.74, 6) is -0.249. The minimum atomic E-state index is -0.256. The van der Waals surface area contributed by atoms with Crippen LogP contribution in [0, 0.1) is 5.82 Å². The molecule has 104 valence electrons. The summed E-state index contributed by atoms with van der Waals surface area (Å²) in [6, 6.07) is 6.56. The number of carbonyl (C=O) groups excluding carboxylic acids is 1. The van der Waals surface area contributed by atoms with Gasteiger partial charge in [0.15, 0.2) is 0 Å². The maximum absolute atomic E-state index is 13.1. The van der Waals surface area contributed by atoms with Gasteiger partial charge in [-0.25, -0.2) is 4.39 Å². The second-order valence-electron chi connectivity index (χ2n) is 4.77. The Morgan fingerprint density at radius 2 is 2.42 bits per heavy atom. The number of nitrogens with zero attached hydrogens (tertiary/aromatic N) is 1. The fourth-order valence-corrected chi connectivity index (χ4v) is 2.35. The van der Waals surface area contributed by atoms with Gasteiger partial charge in [-0.15, -0.1) is 0 Å². The maximum atomic E-state index is 13.1. The first-order chi connectivity index (χ1) is 9.19. The Morgan fingerprint density at radius 3 is 3.16 bits per heavy atom. The summed E-state index contributed by atoms with van der Waals surface area (Å²) in [4.78, 5) is 13.6. The Labute approximate surface area is 112 Å². The molecule has 0 unspecified atom stereocenters. The van der Waals surface area contributed by atoms with Crippen LogP contribution in [0.5, 0.6) is 0 Å². The normalized spacial score (nSPS) is 19.3. The molecule has 0 radical (unpaired) electrons. The Hall–Kier alpha value is -1.62. The van der Waals surface area contributed by atoms with Crippen molar-refractivity contribution in [1.29, 1.82) is 0 Å². The number of anilines is 1. The number of hydrogen-bond acceptors (Lipinski definition) is 3. The van der Waals surface area contributed by atoms with Gasteiger partial charge in [0.05, 0.1) is 0 Å². The molecule has 1 amide bonds. The molecule has 1 atom stereocenters. The van der Waals surface area contributed by atoms with Crippen molar-refractivity contribution in [3.63, 3.8) is 0 Å². The van der Waals surface area contributed by atoms with Crippen molar-refractivity contribution < 1.29 is 13.9 Å². The fraction of sp³-hybridized carbons (Fsp3) is 0.500. The van der Waals surface area contributed by atoms with E-state index in [1.807, 2.05) is 6.07 Å². The third-order valence-electron chi connectivity index (χ3n) is 3.24. The highest BCUT2D eigenvalue weighted by Crippen LogP contribution is 2.17. The molecule has 1 saturated heterocycles. The Bertz CT molecular complexity index is 439. The number of carbonyl (C=O) groups is 1. The van der Waals surface area contributed by atoms with Gasteiger partial charge in [0, 0.05) is 31.9 Å². The monoisotopic (exact) mass is 266 g/mol. The van der Waals surface area contributed by atoms with Gasteiger partial charge in [0.1, 0.15) is 12.4 Å². The molecule has 0 aliphatic carbocycles. The van der Waals surface area contributed by atoms with E-state index in [0.29, 0.717) is 6.54 Å². The van der Waals surface area contributed by atoms with Crippen molar-refractivity contribution in [2.75, 3.05) is 32.1 Å². The lowest BCUT2D eigenvalue weighted by Gasteiger charge is -2.33. The second kappa shape index (κ2) is 6.52. The number of likely N-dealkylation sites (tertiary alicyclic amines) is 1. The van der Waals surface area contributed by atoms with Crippen LogP contribution >= 0.6 is 0 Å². The van der Waals surface area contributed by atoms with Gasteiger partial charge in [0.25, 0.3) is 0 Å². The summed E-state index contributed by atoms with van der Waals surface area (Å²) in [6.07, 6.45) is 1.93. The molecule has 5 heteroatoms. The predicted octanol–water partition coefficient (Wildman–Crippen LogP) is 1.88. The molecule has 1 aliphatic rings. The lowest BCUT2D eigenvalue weighted by atomic mass is 10.1. The summed E-state index contributed by atoms with van der Waals surface area (Å²) in [5, 5.41) is 3.27. The highest BCUT2D eigenvalue weighted by atomic mass is 19.1. The topological polar surface area (TPSA) is 41.6 Å². The van der Waals surface area contributed by atoms with Crippen molar-refractivity contribution in [2.24, 2.45) is 0 Å². The fourth-order valence-electron chi connectivity index (χ4n) is 2.35. The summed E-state index contributed by atoms with van der Waals surface area (Å²) >= 11 is 0. The number of hydrogen-bond donors (Lipinski definition) is 1. The van der Waals surface area contributed by atoms with Crippen LogP contribution in [0.15, 0.2) is 24.3 Å². The highest BCUT2D eigenvalue weighted by molar-refractivity contribution is 5.77. The third-order valence-corrected chi connectivity index (χ3v) is 3.24. The molecule has 0 spiro atoms. The average Bonchev–Trinajstić information content (AvgIpc) is 2.39. The number of benzene rings is 1. The Kier molecular flexibility index (Phi) is 4.74. The van der Waals surface area contributed by atoms with Gasteiger partial charge in [-0.3, -0.25) is 4.79 Å². The SMILES string of the molecule is COCC(=O)N1CCC[C@H](Nc2cccc(F)c2)C1. The molecular formula is C14H19FN2O2. The molecule has 19 heavy (non-hydrogen) atoms. The number of methoxy groups -OCH3 is 1. The third kappa shape index (κ3) is 3.92. The number of amides is 1. The van der Waals surface area contributed by atoms with Crippen LogP contribution in [-0.2, 0) is 9.53 Å². The van der Waals surface area contributed by atoms with Gasteiger partial charge in [-0.05, 0) is 31.0 Å². The van der Waals surface area contributed by atoms with Crippen LogP contribution in [0.1, 0.15) is 12.8 Å². The first kappa shape index (κ1) is 13.8. The van der Waals surface area contributed by atoms with E-state index < -0.39 is 0 Å². The summed E-state index contributed by atoms with van der Waals surface area (Å²) < 4.78 is 18.0. The van der Waals surface area contributed by atoms with Crippen molar-refractivity contribution >= 4 is 11.6 Å². The van der Waals surface area contributed by atoms with Crippen molar-refractivity contribution in [3.8, 4) is 0 Å². The van der Waals surface area contributed by atoms with E-state index in [1.165, 1.54) is 19.2 Å². The zero-order valence-electron chi connectivity index (χ0n) is 11.1. The molecule has 1 heterocycles. The van der Waals surface area contributed by atoms with Crippen LogP contribution in [0.3, 0.4) is 0 Å². The minimum Gasteiger partial charge on any atom is -0.380 e. The molecule has 0 bridgehead atoms. The van der Waals surface area contributed by atoms with E-state index in [0.717, 1.165) is 25.1 Å². The molecule has 1 fully saturated rings. The average molecular weight is 266 g/mol. The van der Waals surface area contributed by atoms with Gasteiger partial charge < -0.3 is 15.0 Å². The minimum absolute atomic E-state index is 0.00763. The Morgan fingerprint density at radius 1 is 1.58 bits per heavy atom. The number of nitrogens with one attached hydrogen (secondary N) is 1. The largest absolute Gasteiger partial charge is 0.380 e. The van der Waals surface area contributed by atoms with Crippen molar-refractivity contribution in [1.82, 2.24) is 4.90 Å². The van der Waals surface area contributed by atoms with Crippen molar-refractivity contribution in [3.05, 3.63) is 30.1 Å². The summed E-state index contributed by atoms with van der Waals surface area (Å²) in [5.41, 5.74) is 0.756. The number of halogens is 1. The quantitative estimate of drug-likeness (QED) is 0.904. The zero-order chi connectivity index (χ0) is 13.7. The molecule has 1 aromatic rings. The van der Waals surface area contributed by atoms with E-state index in [2.05, 4.69) is 5.32 Å². The van der Waals surface area contributed by atoms with Crippen LogP contribution in [0.2, 0.25) is 0 Å². The van der Waals surface area contributed by atoms with Gasteiger partial charge in [-0.1, -0.05) is 6.07 Å². The Balaban J connectivity index is 1.92. The van der Waals surface area contributed by atoms with Crippen molar-refractivity contribution in [2.45, 2.75) is 18.9 Å². The molecule has 0 aromatic heterocycles. The number of rotatable bonds is 4. The number of ether oxygens (including phenoxy) is 1. The van der Waals surface area contributed by atoms with E-state index >= 15 is 0 Å². The summed E-state index contributed by atoms with van der Waals surface area (Å²) in [6.45, 7) is 1.52. The predicted molar refractivity (Wildman–Crippen MR) is 71.5 cm³/mol. The first-order valence-electron chi connectivity index (χ1n) is 6.48. The smallest absolute Gasteiger partial charge is 0.248 e. The molecule has 4 nitrogen and oxygen atoms in total. The standard InChI is InChI=1S/C14H19FN2O2/c1-19-10-14(18)17-7-3-6-13(9-17)16-12-5-2-4-11(15)8-12/h2,4-5,8,13,16H,3,6-7,9-10H2,1H3/t13-/m0/s1. The zero-order valence-corrected chi connectivity index (χ0v) is 11.1. The lowest BCUT2D eigenvalue weighted by Crippen LogP contribution is -2.46. The number of piperidine rings is 1. The van der Waals surface area contributed by atoms with Gasteiger partial charge in [-0.2, -0.15) is 0 Å². The molecule has 0 saturated carbocycles. The van der Waals surface area contributed by atoms with E-state index in [9.17, 15) is 9.18 Å². The van der Waals surface area contributed by atoms with Crippen LogP contribution in [0.25, 0.3) is 0 Å². The van der Waals surface area contributed by atoms with E-state index in [1.54, 1.807) is 11.0 Å². The second-order valence-corrected chi connectivity index (χ2v) is 4.77. The maximum Gasteiger partial charge on any atom is 0.248 e. The van der Waals surface area contributed by atoms with Crippen LogP contribution in [0.4, 0.5) is 10.1 Å². The van der Waals surface area contributed by atoms with Gasteiger partial charge >= 0.3 is 0 Å². The van der Waals surface area contributed by atoms with Crippen LogP contribution < -0.4 is 5.32 Å². The first-order valence-corrected chi connectivity index (χ1v) is 6.48. The molecule has 1 aromatic carbocycles. The van der Waals surface area contributed by atoms with Crippen LogP contribution in [-0.4, -0.2) is 43.7 Å². The summed E-state index contributed by atoms with van der Waals surface area (Å²) in [7, 11) is 1.52. The molecule has 1 N–H and O–H groups in total. The molecule has 1 aliphatic heterocycles. The molecular weight excluding hydrogens is 247 g/mol. The molecule has 2 rings (SSSR count). The lowest BCUT2D eigenvalue weighted by molar-refractivity contribution is -0.136.